The van der Waals surface area contributed by atoms with Crippen LogP contribution in [-0.2, 0) is 0 Å². The molecule has 0 radical (unpaired) electrons. The van der Waals surface area contributed by atoms with Crippen molar-refractivity contribution in [2.45, 2.75) is 38.1 Å². The fourth-order valence-electron chi connectivity index (χ4n) is 2.24. The Morgan fingerprint density at radius 2 is 2.06 bits per heavy atom. The minimum absolute atomic E-state index is 0.0706. The Bertz CT molecular complexity index is 369. The fourth-order valence-corrected chi connectivity index (χ4v) is 2.38. The van der Waals surface area contributed by atoms with E-state index < -0.39 is 0 Å². The first-order valence-electron chi connectivity index (χ1n) is 5.71. The maximum absolute atomic E-state index is 12.0. The van der Waals surface area contributed by atoms with Crippen molar-refractivity contribution in [2.75, 3.05) is 7.05 Å². The molecule has 1 aromatic heterocycles. The van der Waals surface area contributed by atoms with Crippen LogP contribution >= 0.6 is 11.6 Å². The highest BCUT2D eigenvalue weighted by atomic mass is 35.5. The zero-order chi connectivity index (χ0) is 11.5. The monoisotopic (exact) mass is 241 g/mol. The molecule has 1 fully saturated rings. The lowest BCUT2D eigenvalue weighted by Gasteiger charge is -2.30. The van der Waals surface area contributed by atoms with E-state index in [0.29, 0.717) is 11.8 Å². The van der Waals surface area contributed by atoms with Gasteiger partial charge < -0.3 is 9.32 Å². The predicted molar refractivity (Wildman–Crippen MR) is 62.7 cm³/mol. The van der Waals surface area contributed by atoms with Gasteiger partial charge in [-0.2, -0.15) is 0 Å². The molecule has 1 heterocycles. The molecule has 0 saturated heterocycles. The Balaban J connectivity index is 2.03. The minimum atomic E-state index is -0.0706. The third-order valence-electron chi connectivity index (χ3n) is 3.23. The summed E-state index contributed by atoms with van der Waals surface area (Å²) in [5.74, 6) is 0.261. The predicted octanol–water partition coefficient (Wildman–Crippen LogP) is 3.34. The summed E-state index contributed by atoms with van der Waals surface area (Å²) in [4.78, 5) is 13.8. The number of carbonyl (C=O) groups excluding carboxylic acids is 1. The standard InChI is InChI=1S/C12H16ClNO2/c1-14(9-5-3-2-4-6-9)12(15)10-7-8-11(13)16-10/h7-9H,2-6H2,1H3. The number of carbonyl (C=O) groups is 1. The van der Waals surface area contributed by atoms with Crippen LogP contribution in [0.1, 0.15) is 42.7 Å². The molecule has 4 heteroatoms. The van der Waals surface area contributed by atoms with E-state index in [2.05, 4.69) is 0 Å². The number of rotatable bonds is 2. The highest BCUT2D eigenvalue weighted by molar-refractivity contribution is 6.29. The van der Waals surface area contributed by atoms with Crippen LogP contribution in [-0.4, -0.2) is 23.9 Å². The summed E-state index contributed by atoms with van der Waals surface area (Å²) in [5, 5.41) is 0.264. The second-order valence-corrected chi connectivity index (χ2v) is 4.68. The van der Waals surface area contributed by atoms with Gasteiger partial charge in [0, 0.05) is 13.1 Å². The Kier molecular flexibility index (Phi) is 3.54. The number of amides is 1. The van der Waals surface area contributed by atoms with E-state index in [1.165, 1.54) is 19.3 Å². The van der Waals surface area contributed by atoms with Gasteiger partial charge in [0.05, 0.1) is 0 Å². The molecule has 1 aliphatic carbocycles. The van der Waals surface area contributed by atoms with E-state index in [1.54, 1.807) is 17.0 Å². The quantitative estimate of drug-likeness (QED) is 0.796. The molecule has 0 bridgehead atoms. The zero-order valence-electron chi connectivity index (χ0n) is 9.41. The average Bonchev–Trinajstić information content (AvgIpc) is 2.75. The maximum atomic E-state index is 12.0. The summed E-state index contributed by atoms with van der Waals surface area (Å²) in [7, 11) is 1.84. The van der Waals surface area contributed by atoms with Gasteiger partial charge >= 0.3 is 0 Å². The molecule has 0 aliphatic heterocycles. The lowest BCUT2D eigenvalue weighted by atomic mass is 9.94. The van der Waals surface area contributed by atoms with Gasteiger partial charge in [-0.25, -0.2) is 0 Å². The minimum Gasteiger partial charge on any atom is -0.440 e. The lowest BCUT2D eigenvalue weighted by Crippen LogP contribution is -2.38. The van der Waals surface area contributed by atoms with Gasteiger partial charge in [0.25, 0.3) is 5.91 Å². The summed E-state index contributed by atoms with van der Waals surface area (Å²) in [5.41, 5.74) is 0. The molecule has 1 amide bonds. The van der Waals surface area contributed by atoms with Gasteiger partial charge in [-0.15, -0.1) is 0 Å². The molecule has 0 atom stereocenters. The Labute approximate surface area is 100 Å². The Hall–Kier alpha value is -0.960. The lowest BCUT2D eigenvalue weighted by molar-refractivity contribution is 0.0664. The van der Waals surface area contributed by atoms with Crippen molar-refractivity contribution >= 4 is 17.5 Å². The van der Waals surface area contributed by atoms with Crippen molar-refractivity contribution in [3.8, 4) is 0 Å². The zero-order valence-corrected chi connectivity index (χ0v) is 10.2. The van der Waals surface area contributed by atoms with E-state index in [9.17, 15) is 4.79 Å². The second kappa shape index (κ2) is 4.91. The van der Waals surface area contributed by atoms with Gasteiger partial charge in [0.15, 0.2) is 11.0 Å². The number of halogens is 1. The SMILES string of the molecule is CN(C(=O)c1ccc(Cl)o1)C1CCCCC1. The average molecular weight is 242 g/mol. The van der Waals surface area contributed by atoms with Gasteiger partial charge in [-0.3, -0.25) is 4.79 Å². The van der Waals surface area contributed by atoms with E-state index in [-0.39, 0.29) is 11.1 Å². The van der Waals surface area contributed by atoms with Crippen LogP contribution < -0.4 is 0 Å². The van der Waals surface area contributed by atoms with Crippen molar-refractivity contribution < 1.29 is 9.21 Å². The van der Waals surface area contributed by atoms with Crippen molar-refractivity contribution in [1.29, 1.82) is 0 Å². The Morgan fingerprint density at radius 1 is 1.38 bits per heavy atom. The maximum Gasteiger partial charge on any atom is 0.289 e. The van der Waals surface area contributed by atoms with Crippen LogP contribution in [0, 0.1) is 0 Å². The summed E-state index contributed by atoms with van der Waals surface area (Å²) in [6.45, 7) is 0. The molecule has 3 nitrogen and oxygen atoms in total. The van der Waals surface area contributed by atoms with Crippen molar-refractivity contribution in [3.63, 3.8) is 0 Å². The van der Waals surface area contributed by atoms with E-state index in [1.807, 2.05) is 7.05 Å². The van der Waals surface area contributed by atoms with Crippen molar-refractivity contribution in [3.05, 3.63) is 23.1 Å². The summed E-state index contributed by atoms with van der Waals surface area (Å²) >= 11 is 5.66. The van der Waals surface area contributed by atoms with Crippen LogP contribution in [0.4, 0.5) is 0 Å². The van der Waals surface area contributed by atoms with Crippen LogP contribution in [0.2, 0.25) is 5.22 Å². The van der Waals surface area contributed by atoms with Gasteiger partial charge in [-0.1, -0.05) is 19.3 Å². The largest absolute Gasteiger partial charge is 0.440 e. The molecular weight excluding hydrogens is 226 g/mol. The second-order valence-electron chi connectivity index (χ2n) is 4.31. The number of nitrogens with zero attached hydrogens (tertiary/aromatic N) is 1. The van der Waals surface area contributed by atoms with Gasteiger partial charge in [0.2, 0.25) is 0 Å². The molecule has 0 aromatic carbocycles. The molecule has 0 N–H and O–H groups in total. The van der Waals surface area contributed by atoms with E-state index in [0.717, 1.165) is 12.8 Å². The molecule has 88 valence electrons. The molecular formula is C12H16ClNO2. The summed E-state index contributed by atoms with van der Waals surface area (Å²) < 4.78 is 5.13. The fraction of sp³-hybridized carbons (Fsp3) is 0.583. The number of hydrogen-bond acceptors (Lipinski definition) is 2. The molecule has 1 saturated carbocycles. The van der Waals surface area contributed by atoms with E-state index in [4.69, 9.17) is 16.0 Å². The van der Waals surface area contributed by atoms with E-state index >= 15 is 0 Å². The van der Waals surface area contributed by atoms with Crippen molar-refractivity contribution in [1.82, 2.24) is 4.90 Å². The van der Waals surface area contributed by atoms with Crippen LogP contribution in [0.3, 0.4) is 0 Å². The smallest absolute Gasteiger partial charge is 0.289 e. The molecule has 1 aromatic rings. The topological polar surface area (TPSA) is 33.5 Å². The molecule has 2 rings (SSSR count). The summed E-state index contributed by atoms with van der Waals surface area (Å²) in [6.07, 6.45) is 5.89. The third-order valence-corrected chi connectivity index (χ3v) is 3.43. The van der Waals surface area contributed by atoms with Gasteiger partial charge in [0.1, 0.15) is 0 Å². The first kappa shape index (κ1) is 11.5. The van der Waals surface area contributed by atoms with Gasteiger partial charge in [-0.05, 0) is 36.6 Å². The first-order valence-corrected chi connectivity index (χ1v) is 6.09. The molecule has 1 aliphatic rings. The number of furan rings is 1. The highest BCUT2D eigenvalue weighted by Gasteiger charge is 2.24. The third kappa shape index (κ3) is 2.40. The molecule has 0 unspecified atom stereocenters. The van der Waals surface area contributed by atoms with Crippen molar-refractivity contribution in [2.24, 2.45) is 0 Å². The van der Waals surface area contributed by atoms with Crippen LogP contribution in [0.5, 0.6) is 0 Å². The molecule has 0 spiro atoms. The normalized spacial score (nSPS) is 17.4. The summed E-state index contributed by atoms with van der Waals surface area (Å²) in [6, 6.07) is 3.58. The highest BCUT2D eigenvalue weighted by Crippen LogP contribution is 2.23. The molecule has 16 heavy (non-hydrogen) atoms. The number of hydrogen-bond donors (Lipinski definition) is 0. The van der Waals surface area contributed by atoms with Crippen LogP contribution in [0.25, 0.3) is 0 Å². The van der Waals surface area contributed by atoms with Crippen LogP contribution in [0.15, 0.2) is 16.5 Å². The Morgan fingerprint density at radius 3 is 2.62 bits per heavy atom. The first-order chi connectivity index (χ1) is 7.68.